The Balaban J connectivity index is 1.91. The van der Waals surface area contributed by atoms with Crippen LogP contribution in [0.4, 0.5) is 5.69 Å². The normalized spacial score (nSPS) is 17.1. The molecule has 0 aromatic heterocycles. The fourth-order valence-electron chi connectivity index (χ4n) is 2.62. The summed E-state index contributed by atoms with van der Waals surface area (Å²) in [5, 5.41) is 3.59. The van der Waals surface area contributed by atoms with E-state index in [0.717, 1.165) is 12.2 Å². The Labute approximate surface area is 108 Å². The molecule has 1 unspecified atom stereocenters. The van der Waals surface area contributed by atoms with Gasteiger partial charge in [-0.05, 0) is 36.1 Å². The van der Waals surface area contributed by atoms with Crippen molar-refractivity contribution in [3.05, 3.63) is 59.2 Å². The van der Waals surface area contributed by atoms with E-state index in [1.165, 1.54) is 22.4 Å². The van der Waals surface area contributed by atoms with E-state index in [0.29, 0.717) is 6.04 Å². The van der Waals surface area contributed by atoms with Crippen LogP contribution in [0.15, 0.2) is 42.5 Å². The molecule has 1 aliphatic rings. The predicted molar refractivity (Wildman–Crippen MR) is 74.2 cm³/mol. The summed E-state index contributed by atoms with van der Waals surface area (Å²) in [4.78, 5) is 0. The van der Waals surface area contributed by atoms with E-state index in [1.54, 1.807) is 7.11 Å². The third kappa shape index (κ3) is 1.84. The third-order valence-corrected chi connectivity index (χ3v) is 3.63. The average molecular weight is 239 g/mol. The Morgan fingerprint density at radius 2 is 2.00 bits per heavy atom. The number of benzene rings is 2. The Hall–Kier alpha value is -1.96. The van der Waals surface area contributed by atoms with E-state index in [4.69, 9.17) is 4.74 Å². The van der Waals surface area contributed by atoms with Gasteiger partial charge in [-0.15, -0.1) is 0 Å². The van der Waals surface area contributed by atoms with Crippen LogP contribution in [0.1, 0.15) is 22.7 Å². The van der Waals surface area contributed by atoms with Crippen LogP contribution in [0.3, 0.4) is 0 Å². The van der Waals surface area contributed by atoms with Crippen molar-refractivity contribution in [1.82, 2.24) is 0 Å². The number of rotatable bonds is 2. The second-order valence-electron chi connectivity index (χ2n) is 4.78. The van der Waals surface area contributed by atoms with E-state index in [-0.39, 0.29) is 0 Å². The van der Waals surface area contributed by atoms with Crippen LogP contribution < -0.4 is 10.1 Å². The van der Waals surface area contributed by atoms with Crippen LogP contribution in [-0.2, 0) is 6.42 Å². The molecular weight excluding hydrogens is 222 g/mol. The zero-order valence-electron chi connectivity index (χ0n) is 10.7. The second-order valence-corrected chi connectivity index (χ2v) is 4.78. The number of aryl methyl sites for hydroxylation is 1. The molecule has 1 heterocycles. The lowest BCUT2D eigenvalue weighted by molar-refractivity contribution is 0.415. The summed E-state index contributed by atoms with van der Waals surface area (Å²) in [5.41, 5.74) is 5.29. The van der Waals surface area contributed by atoms with Gasteiger partial charge in [0, 0.05) is 11.8 Å². The summed E-state index contributed by atoms with van der Waals surface area (Å²) in [6.07, 6.45) is 1.05. The minimum absolute atomic E-state index is 0.383. The first-order valence-electron chi connectivity index (χ1n) is 6.27. The molecule has 92 valence electrons. The van der Waals surface area contributed by atoms with Crippen LogP contribution >= 0.6 is 0 Å². The smallest absolute Gasteiger partial charge is 0.120 e. The molecule has 0 aliphatic carbocycles. The molecule has 0 radical (unpaired) electrons. The number of methoxy groups -OCH3 is 1. The molecule has 2 aromatic rings. The Bertz CT molecular complexity index is 577. The Morgan fingerprint density at radius 3 is 2.78 bits per heavy atom. The number of nitrogens with one attached hydrogen (secondary N) is 1. The van der Waals surface area contributed by atoms with Gasteiger partial charge in [-0.1, -0.05) is 30.3 Å². The molecule has 0 bridgehead atoms. The first-order valence-corrected chi connectivity index (χ1v) is 6.27. The van der Waals surface area contributed by atoms with Crippen molar-refractivity contribution in [1.29, 1.82) is 0 Å². The van der Waals surface area contributed by atoms with E-state index in [9.17, 15) is 0 Å². The highest BCUT2D eigenvalue weighted by Crippen LogP contribution is 2.37. The van der Waals surface area contributed by atoms with Crippen molar-refractivity contribution in [2.24, 2.45) is 0 Å². The average Bonchev–Trinajstić information content (AvgIpc) is 2.81. The molecule has 2 aromatic carbocycles. The van der Waals surface area contributed by atoms with Crippen molar-refractivity contribution < 1.29 is 4.74 Å². The largest absolute Gasteiger partial charge is 0.497 e. The maximum atomic E-state index is 5.26. The summed E-state index contributed by atoms with van der Waals surface area (Å²) < 4.78 is 5.26. The van der Waals surface area contributed by atoms with Crippen LogP contribution in [0.5, 0.6) is 5.75 Å². The Morgan fingerprint density at radius 1 is 1.17 bits per heavy atom. The lowest BCUT2D eigenvalue weighted by Crippen LogP contribution is -2.07. The van der Waals surface area contributed by atoms with Crippen molar-refractivity contribution in [3.63, 3.8) is 0 Å². The van der Waals surface area contributed by atoms with Gasteiger partial charge in [0.25, 0.3) is 0 Å². The second kappa shape index (κ2) is 4.37. The lowest BCUT2D eigenvalue weighted by atomic mass is 9.99. The fourth-order valence-corrected chi connectivity index (χ4v) is 2.62. The first kappa shape index (κ1) is 11.1. The van der Waals surface area contributed by atoms with Gasteiger partial charge < -0.3 is 10.1 Å². The topological polar surface area (TPSA) is 21.3 Å². The van der Waals surface area contributed by atoms with Crippen LogP contribution in [0.2, 0.25) is 0 Å². The van der Waals surface area contributed by atoms with Gasteiger partial charge >= 0.3 is 0 Å². The van der Waals surface area contributed by atoms with E-state index in [2.05, 4.69) is 48.6 Å². The van der Waals surface area contributed by atoms with Gasteiger partial charge in [-0.2, -0.15) is 0 Å². The minimum atomic E-state index is 0.383. The summed E-state index contributed by atoms with van der Waals surface area (Å²) in [6, 6.07) is 15.2. The minimum Gasteiger partial charge on any atom is -0.497 e. The molecule has 0 saturated carbocycles. The van der Waals surface area contributed by atoms with Gasteiger partial charge in [0.15, 0.2) is 0 Å². The van der Waals surface area contributed by atoms with E-state index in [1.807, 2.05) is 6.07 Å². The fraction of sp³-hybridized carbons (Fsp3) is 0.250. The number of hydrogen-bond acceptors (Lipinski definition) is 2. The van der Waals surface area contributed by atoms with Crippen LogP contribution in [0, 0.1) is 6.92 Å². The van der Waals surface area contributed by atoms with Crippen molar-refractivity contribution in [2.75, 3.05) is 12.4 Å². The molecule has 1 aliphatic heterocycles. The summed E-state index contributed by atoms with van der Waals surface area (Å²) in [5.74, 6) is 0.909. The quantitative estimate of drug-likeness (QED) is 0.862. The first-order chi connectivity index (χ1) is 8.78. The molecule has 0 fully saturated rings. The highest BCUT2D eigenvalue weighted by Gasteiger charge is 2.23. The zero-order chi connectivity index (χ0) is 12.5. The van der Waals surface area contributed by atoms with Crippen molar-refractivity contribution >= 4 is 5.69 Å². The highest BCUT2D eigenvalue weighted by atomic mass is 16.5. The molecule has 0 amide bonds. The van der Waals surface area contributed by atoms with E-state index >= 15 is 0 Å². The lowest BCUT2D eigenvalue weighted by Gasteiger charge is -2.14. The zero-order valence-corrected chi connectivity index (χ0v) is 10.7. The molecule has 1 atom stereocenters. The molecular formula is C16H17NO. The maximum Gasteiger partial charge on any atom is 0.120 e. The van der Waals surface area contributed by atoms with Crippen molar-refractivity contribution in [2.45, 2.75) is 19.4 Å². The number of hydrogen-bond donors (Lipinski definition) is 1. The molecule has 18 heavy (non-hydrogen) atoms. The molecule has 3 rings (SSSR count). The standard InChI is InChI=1S/C16H17NO/c1-11-5-3-4-6-14(11)16-9-12-7-8-13(18-2)10-15(12)17-16/h3-8,10,16-17H,9H2,1-2H3. The van der Waals surface area contributed by atoms with Crippen molar-refractivity contribution in [3.8, 4) is 5.75 Å². The third-order valence-electron chi connectivity index (χ3n) is 3.63. The predicted octanol–water partition coefficient (Wildman–Crippen LogP) is 3.71. The molecule has 0 spiro atoms. The van der Waals surface area contributed by atoms with Crippen LogP contribution in [0.25, 0.3) is 0 Å². The number of fused-ring (bicyclic) bond motifs is 1. The summed E-state index contributed by atoms with van der Waals surface area (Å²) in [6.45, 7) is 2.17. The van der Waals surface area contributed by atoms with Gasteiger partial charge in [-0.25, -0.2) is 0 Å². The maximum absolute atomic E-state index is 5.26. The number of ether oxygens (including phenoxy) is 1. The Kier molecular flexibility index (Phi) is 2.71. The van der Waals surface area contributed by atoms with Gasteiger partial charge in [0.05, 0.1) is 13.2 Å². The van der Waals surface area contributed by atoms with Gasteiger partial charge in [0.2, 0.25) is 0 Å². The molecule has 1 N–H and O–H groups in total. The SMILES string of the molecule is COc1ccc2c(c1)NC(c1ccccc1C)C2. The molecule has 2 heteroatoms. The number of anilines is 1. The van der Waals surface area contributed by atoms with Crippen LogP contribution in [-0.4, -0.2) is 7.11 Å². The highest BCUT2D eigenvalue weighted by molar-refractivity contribution is 5.61. The molecule has 0 saturated heterocycles. The van der Waals surface area contributed by atoms with E-state index < -0.39 is 0 Å². The monoisotopic (exact) mass is 239 g/mol. The van der Waals surface area contributed by atoms with Gasteiger partial charge in [-0.3, -0.25) is 0 Å². The summed E-state index contributed by atoms with van der Waals surface area (Å²) >= 11 is 0. The summed E-state index contributed by atoms with van der Waals surface area (Å²) in [7, 11) is 1.70. The molecule has 2 nitrogen and oxygen atoms in total. The van der Waals surface area contributed by atoms with Gasteiger partial charge in [0.1, 0.15) is 5.75 Å².